The first kappa shape index (κ1) is 16.9. The zero-order valence-corrected chi connectivity index (χ0v) is 11.7. The Bertz CT molecular complexity index is 257. The lowest BCUT2D eigenvalue weighted by atomic mass is 10.2. The van der Waals surface area contributed by atoms with Gasteiger partial charge in [-0.25, -0.2) is 0 Å². The molecule has 0 rings (SSSR count). The molecular formula is C13H26N2O3. The van der Waals surface area contributed by atoms with Crippen molar-refractivity contribution in [2.45, 2.75) is 52.5 Å². The second kappa shape index (κ2) is 9.88. The van der Waals surface area contributed by atoms with E-state index in [1.807, 2.05) is 18.7 Å². The third-order valence-corrected chi connectivity index (χ3v) is 3.03. The van der Waals surface area contributed by atoms with Crippen molar-refractivity contribution in [2.75, 3.05) is 19.6 Å². The molecule has 0 heterocycles. The Morgan fingerprint density at radius 3 is 2.44 bits per heavy atom. The molecule has 18 heavy (non-hydrogen) atoms. The van der Waals surface area contributed by atoms with Crippen molar-refractivity contribution in [1.82, 2.24) is 10.2 Å². The molecule has 5 nitrogen and oxygen atoms in total. The second-order valence-corrected chi connectivity index (χ2v) is 4.45. The molecule has 0 saturated heterocycles. The lowest BCUT2D eigenvalue weighted by Gasteiger charge is -2.26. The van der Waals surface area contributed by atoms with Gasteiger partial charge >= 0.3 is 5.97 Å². The van der Waals surface area contributed by atoms with Crippen molar-refractivity contribution in [3.05, 3.63) is 0 Å². The van der Waals surface area contributed by atoms with Crippen LogP contribution in [-0.2, 0) is 9.59 Å². The molecule has 1 amide bonds. The van der Waals surface area contributed by atoms with Crippen molar-refractivity contribution in [1.29, 1.82) is 0 Å². The summed E-state index contributed by atoms with van der Waals surface area (Å²) in [5.74, 6) is -0.845. The summed E-state index contributed by atoms with van der Waals surface area (Å²) in [6, 6.07) is -0.268. The Balaban J connectivity index is 4.02. The van der Waals surface area contributed by atoms with Crippen LogP contribution in [0.5, 0.6) is 0 Å². The zero-order valence-electron chi connectivity index (χ0n) is 11.7. The summed E-state index contributed by atoms with van der Waals surface area (Å²) >= 11 is 0. The summed E-state index contributed by atoms with van der Waals surface area (Å²) in [6.07, 6.45) is 3.31. The van der Waals surface area contributed by atoms with Gasteiger partial charge in [0.05, 0.1) is 12.5 Å². The van der Waals surface area contributed by atoms with E-state index in [9.17, 15) is 9.59 Å². The van der Waals surface area contributed by atoms with E-state index in [4.69, 9.17) is 5.11 Å². The monoisotopic (exact) mass is 258 g/mol. The Labute approximate surface area is 110 Å². The number of rotatable bonds is 10. The quantitative estimate of drug-likeness (QED) is 0.582. The average molecular weight is 258 g/mol. The molecule has 0 aliphatic rings. The molecule has 0 aromatic rings. The van der Waals surface area contributed by atoms with Crippen LogP contribution in [0.4, 0.5) is 0 Å². The predicted octanol–water partition coefficient (Wildman–Crippen LogP) is 1.48. The largest absolute Gasteiger partial charge is 0.481 e. The molecule has 1 unspecified atom stereocenters. The molecule has 2 N–H and O–H groups in total. The summed E-state index contributed by atoms with van der Waals surface area (Å²) in [5.41, 5.74) is 0. The van der Waals surface area contributed by atoms with E-state index >= 15 is 0 Å². The third kappa shape index (κ3) is 7.27. The van der Waals surface area contributed by atoms with Gasteiger partial charge in [0.15, 0.2) is 0 Å². The van der Waals surface area contributed by atoms with E-state index in [2.05, 4.69) is 12.2 Å². The van der Waals surface area contributed by atoms with Gasteiger partial charge in [0.2, 0.25) is 5.91 Å². The maximum atomic E-state index is 11.9. The molecule has 5 heteroatoms. The number of amides is 1. The van der Waals surface area contributed by atoms with Gasteiger partial charge in [0.25, 0.3) is 0 Å². The first-order valence-corrected chi connectivity index (χ1v) is 6.76. The van der Waals surface area contributed by atoms with E-state index in [0.29, 0.717) is 19.6 Å². The van der Waals surface area contributed by atoms with Crippen LogP contribution in [0, 0.1) is 0 Å². The second-order valence-electron chi connectivity index (χ2n) is 4.45. The lowest BCUT2D eigenvalue weighted by Crippen LogP contribution is -2.46. The van der Waals surface area contributed by atoms with Crippen molar-refractivity contribution in [3.63, 3.8) is 0 Å². The maximum absolute atomic E-state index is 11.9. The first-order valence-electron chi connectivity index (χ1n) is 6.76. The zero-order chi connectivity index (χ0) is 14.0. The molecule has 0 aliphatic carbocycles. The van der Waals surface area contributed by atoms with Crippen LogP contribution in [0.1, 0.15) is 46.5 Å². The first-order chi connectivity index (χ1) is 8.52. The summed E-state index contributed by atoms with van der Waals surface area (Å²) in [6.45, 7) is 7.66. The van der Waals surface area contributed by atoms with Crippen molar-refractivity contribution < 1.29 is 14.7 Å². The Hall–Kier alpha value is -1.10. The van der Waals surface area contributed by atoms with E-state index in [-0.39, 0.29) is 18.4 Å². The molecule has 0 aromatic carbocycles. The van der Waals surface area contributed by atoms with Crippen molar-refractivity contribution in [3.8, 4) is 0 Å². The van der Waals surface area contributed by atoms with E-state index in [0.717, 1.165) is 19.3 Å². The van der Waals surface area contributed by atoms with Crippen molar-refractivity contribution >= 4 is 11.9 Å². The standard InChI is InChI=1S/C13H26N2O3/c1-4-6-7-9-14-13(18)11(3)15(5-2)10-8-12(16)17/h11H,4-10H2,1-3H3,(H,14,18)(H,16,17). The molecule has 0 saturated carbocycles. The van der Waals surface area contributed by atoms with Gasteiger partial charge in [-0.3, -0.25) is 14.5 Å². The number of nitrogens with one attached hydrogen (secondary N) is 1. The smallest absolute Gasteiger partial charge is 0.304 e. The van der Waals surface area contributed by atoms with Gasteiger partial charge in [0, 0.05) is 13.1 Å². The summed E-state index contributed by atoms with van der Waals surface area (Å²) in [4.78, 5) is 24.3. The highest BCUT2D eigenvalue weighted by Gasteiger charge is 2.19. The van der Waals surface area contributed by atoms with Gasteiger partial charge in [-0.1, -0.05) is 26.7 Å². The minimum Gasteiger partial charge on any atom is -0.481 e. The molecule has 106 valence electrons. The maximum Gasteiger partial charge on any atom is 0.304 e. The van der Waals surface area contributed by atoms with Crippen LogP contribution in [0.3, 0.4) is 0 Å². The van der Waals surface area contributed by atoms with Crippen molar-refractivity contribution in [2.24, 2.45) is 0 Å². The predicted molar refractivity (Wildman–Crippen MR) is 71.5 cm³/mol. The summed E-state index contributed by atoms with van der Waals surface area (Å²) < 4.78 is 0. The Morgan fingerprint density at radius 2 is 1.94 bits per heavy atom. The van der Waals surface area contributed by atoms with Crippen LogP contribution in [0.25, 0.3) is 0 Å². The number of carbonyl (C=O) groups is 2. The highest BCUT2D eigenvalue weighted by molar-refractivity contribution is 5.81. The minimum absolute atomic E-state index is 0.0154. The number of hydrogen-bond acceptors (Lipinski definition) is 3. The summed E-state index contributed by atoms with van der Waals surface area (Å²) in [7, 11) is 0. The fourth-order valence-corrected chi connectivity index (χ4v) is 1.76. The molecule has 0 aromatic heterocycles. The molecule has 0 bridgehead atoms. The normalized spacial score (nSPS) is 12.4. The van der Waals surface area contributed by atoms with Gasteiger partial charge in [-0.05, 0) is 19.9 Å². The molecule has 0 aliphatic heterocycles. The number of hydrogen-bond donors (Lipinski definition) is 2. The van der Waals surface area contributed by atoms with E-state index in [1.165, 1.54) is 0 Å². The minimum atomic E-state index is -0.830. The van der Waals surface area contributed by atoms with E-state index in [1.54, 1.807) is 0 Å². The van der Waals surface area contributed by atoms with Gasteiger partial charge in [0.1, 0.15) is 0 Å². The Morgan fingerprint density at radius 1 is 1.28 bits per heavy atom. The van der Waals surface area contributed by atoms with Crippen LogP contribution >= 0.6 is 0 Å². The molecule has 1 atom stereocenters. The van der Waals surface area contributed by atoms with Crippen LogP contribution < -0.4 is 5.32 Å². The SMILES string of the molecule is CCCCCNC(=O)C(C)N(CC)CCC(=O)O. The van der Waals surface area contributed by atoms with Crippen LogP contribution in [0.15, 0.2) is 0 Å². The van der Waals surface area contributed by atoms with Gasteiger partial charge in [-0.15, -0.1) is 0 Å². The van der Waals surface area contributed by atoms with Gasteiger partial charge in [-0.2, -0.15) is 0 Å². The Kier molecular flexibility index (Phi) is 9.28. The molecule has 0 radical (unpaired) electrons. The third-order valence-electron chi connectivity index (χ3n) is 3.03. The number of carboxylic acids is 1. The lowest BCUT2D eigenvalue weighted by molar-refractivity contribution is -0.138. The molecule has 0 spiro atoms. The van der Waals surface area contributed by atoms with E-state index < -0.39 is 5.97 Å². The number of carbonyl (C=O) groups excluding carboxylic acids is 1. The van der Waals surface area contributed by atoms with Gasteiger partial charge < -0.3 is 10.4 Å². The molecular weight excluding hydrogens is 232 g/mol. The summed E-state index contributed by atoms with van der Waals surface area (Å²) in [5, 5.41) is 11.5. The number of aliphatic carboxylic acids is 1. The highest BCUT2D eigenvalue weighted by Crippen LogP contribution is 2.01. The average Bonchev–Trinajstić information content (AvgIpc) is 2.34. The fourth-order valence-electron chi connectivity index (χ4n) is 1.76. The number of nitrogens with zero attached hydrogens (tertiary/aromatic N) is 1. The van der Waals surface area contributed by atoms with Crippen LogP contribution in [-0.4, -0.2) is 47.6 Å². The molecule has 0 fully saturated rings. The topological polar surface area (TPSA) is 69.6 Å². The fraction of sp³-hybridized carbons (Fsp3) is 0.846. The number of likely N-dealkylation sites (N-methyl/N-ethyl adjacent to an activating group) is 1. The highest BCUT2D eigenvalue weighted by atomic mass is 16.4. The van der Waals surface area contributed by atoms with Crippen LogP contribution in [0.2, 0.25) is 0 Å². The number of unbranched alkanes of at least 4 members (excludes halogenated alkanes) is 2. The number of carboxylic acid groups (broad SMARTS) is 1.